The number of carbonyl (C=O) groups excluding carboxylic acids is 2. The van der Waals surface area contributed by atoms with Gasteiger partial charge in [-0.1, -0.05) is 72.1 Å². The monoisotopic (exact) mass is 595 g/mol. The number of halogens is 3. The van der Waals surface area contributed by atoms with Gasteiger partial charge in [-0.3, -0.25) is 13.9 Å². The molecule has 0 aliphatic heterocycles. The van der Waals surface area contributed by atoms with Crippen molar-refractivity contribution in [2.24, 2.45) is 0 Å². The Labute approximate surface area is 238 Å². The first kappa shape index (κ1) is 29.8. The number of benzene rings is 3. The van der Waals surface area contributed by atoms with Gasteiger partial charge in [0.2, 0.25) is 11.8 Å². The van der Waals surface area contributed by atoms with Crippen LogP contribution in [0.4, 0.5) is 5.69 Å². The third-order valence-electron chi connectivity index (χ3n) is 5.80. The van der Waals surface area contributed by atoms with Gasteiger partial charge in [-0.05, 0) is 61.4 Å². The van der Waals surface area contributed by atoms with Gasteiger partial charge < -0.3 is 10.2 Å². The van der Waals surface area contributed by atoms with E-state index in [4.69, 9.17) is 34.8 Å². The first-order valence-corrected chi connectivity index (χ1v) is 14.5. The average molecular weight is 597 g/mol. The molecule has 7 nitrogen and oxygen atoms in total. The zero-order chi connectivity index (χ0) is 27.9. The van der Waals surface area contributed by atoms with E-state index in [2.05, 4.69) is 5.32 Å². The smallest absolute Gasteiger partial charge is 0.264 e. The molecule has 0 bridgehead atoms. The van der Waals surface area contributed by atoms with E-state index < -0.39 is 28.5 Å². The molecular weight excluding hydrogens is 569 g/mol. The predicted octanol–water partition coefficient (Wildman–Crippen LogP) is 5.79. The quantitative estimate of drug-likeness (QED) is 0.304. The van der Waals surface area contributed by atoms with Crippen LogP contribution in [-0.4, -0.2) is 44.3 Å². The molecule has 202 valence electrons. The predicted molar refractivity (Wildman–Crippen MR) is 152 cm³/mol. The molecule has 0 spiro atoms. The van der Waals surface area contributed by atoms with Gasteiger partial charge in [-0.15, -0.1) is 0 Å². The molecular formula is C27H28Cl3N3O4S. The molecule has 0 saturated carbocycles. The largest absolute Gasteiger partial charge is 0.355 e. The molecule has 0 aliphatic carbocycles. The van der Waals surface area contributed by atoms with Crippen molar-refractivity contribution in [2.45, 2.75) is 37.8 Å². The minimum absolute atomic E-state index is 0.00103. The van der Waals surface area contributed by atoms with Crippen LogP contribution in [0.25, 0.3) is 0 Å². The van der Waals surface area contributed by atoms with Crippen molar-refractivity contribution in [3.05, 3.63) is 93.4 Å². The molecule has 11 heteroatoms. The summed E-state index contributed by atoms with van der Waals surface area (Å²) in [5, 5.41) is 3.67. The second-order valence-electron chi connectivity index (χ2n) is 8.39. The number of nitrogens with zero attached hydrogens (tertiary/aromatic N) is 2. The molecule has 38 heavy (non-hydrogen) atoms. The maximum absolute atomic E-state index is 13.9. The normalized spacial score (nSPS) is 12.0. The highest BCUT2D eigenvalue weighted by Crippen LogP contribution is 2.31. The highest BCUT2D eigenvalue weighted by molar-refractivity contribution is 7.92. The standard InChI is InChI=1S/C27H28Cl3N3O4S/c1-3-25(27(35)31-4-2)32(17-19-10-12-20(28)13-11-19)26(34)18-33(21-14-15-23(29)24(30)16-21)38(36,37)22-8-6-5-7-9-22/h5-16,25H,3-4,17-18H2,1-2H3,(H,31,35). The summed E-state index contributed by atoms with van der Waals surface area (Å²) in [6.07, 6.45) is 0.323. The van der Waals surface area contributed by atoms with E-state index >= 15 is 0 Å². The molecule has 0 fully saturated rings. The minimum atomic E-state index is -4.19. The van der Waals surface area contributed by atoms with Crippen LogP contribution in [0.1, 0.15) is 25.8 Å². The van der Waals surface area contributed by atoms with Gasteiger partial charge in [-0.2, -0.15) is 0 Å². The van der Waals surface area contributed by atoms with Gasteiger partial charge in [0.25, 0.3) is 10.0 Å². The number of carbonyl (C=O) groups is 2. The van der Waals surface area contributed by atoms with Crippen molar-refractivity contribution < 1.29 is 18.0 Å². The number of hydrogen-bond acceptors (Lipinski definition) is 4. The Bertz CT molecular complexity index is 1370. The molecule has 3 rings (SSSR count). The fraction of sp³-hybridized carbons (Fsp3) is 0.259. The van der Waals surface area contributed by atoms with E-state index in [-0.39, 0.29) is 33.1 Å². The van der Waals surface area contributed by atoms with Gasteiger partial charge in [0.05, 0.1) is 20.6 Å². The third kappa shape index (κ3) is 7.20. The van der Waals surface area contributed by atoms with Crippen molar-refractivity contribution in [2.75, 3.05) is 17.4 Å². The zero-order valence-corrected chi connectivity index (χ0v) is 24.0. The van der Waals surface area contributed by atoms with E-state index in [1.807, 2.05) is 0 Å². The SMILES string of the molecule is CCNC(=O)C(CC)N(Cc1ccc(Cl)cc1)C(=O)CN(c1ccc(Cl)c(Cl)c1)S(=O)(=O)c1ccccc1. The first-order chi connectivity index (χ1) is 18.1. The Kier molecular flexibility index (Phi) is 10.4. The lowest BCUT2D eigenvalue weighted by molar-refractivity contribution is -0.140. The van der Waals surface area contributed by atoms with Crippen LogP contribution in [0.2, 0.25) is 15.1 Å². The number of nitrogens with one attached hydrogen (secondary N) is 1. The highest BCUT2D eigenvalue weighted by Gasteiger charge is 2.33. The Hall–Kier alpha value is -2.78. The van der Waals surface area contributed by atoms with Crippen molar-refractivity contribution in [3.63, 3.8) is 0 Å². The molecule has 3 aromatic carbocycles. The summed E-state index contributed by atoms with van der Waals surface area (Å²) in [5.74, 6) is -0.895. The number of rotatable bonds is 11. The van der Waals surface area contributed by atoms with Crippen LogP contribution >= 0.6 is 34.8 Å². The summed E-state index contributed by atoms with van der Waals surface area (Å²) in [7, 11) is -4.19. The maximum Gasteiger partial charge on any atom is 0.264 e. The summed E-state index contributed by atoms with van der Waals surface area (Å²) in [4.78, 5) is 28.2. The molecule has 0 aromatic heterocycles. The van der Waals surface area contributed by atoms with E-state index in [1.165, 1.54) is 35.2 Å². The number of hydrogen-bond donors (Lipinski definition) is 1. The van der Waals surface area contributed by atoms with E-state index in [9.17, 15) is 18.0 Å². The van der Waals surface area contributed by atoms with Crippen LogP contribution < -0.4 is 9.62 Å². The molecule has 0 aliphatic rings. The van der Waals surface area contributed by atoms with E-state index in [0.717, 1.165) is 9.87 Å². The topological polar surface area (TPSA) is 86.8 Å². The van der Waals surface area contributed by atoms with Crippen LogP contribution in [0.5, 0.6) is 0 Å². The average Bonchev–Trinajstić information content (AvgIpc) is 2.90. The van der Waals surface area contributed by atoms with Crippen LogP contribution in [0.15, 0.2) is 77.7 Å². The van der Waals surface area contributed by atoms with Crippen LogP contribution in [0.3, 0.4) is 0 Å². The molecule has 1 atom stereocenters. The lowest BCUT2D eigenvalue weighted by atomic mass is 10.1. The zero-order valence-electron chi connectivity index (χ0n) is 20.9. The summed E-state index contributed by atoms with van der Waals surface area (Å²) < 4.78 is 28.5. The van der Waals surface area contributed by atoms with Crippen molar-refractivity contribution in [3.8, 4) is 0 Å². The molecule has 0 heterocycles. The number of amides is 2. The second kappa shape index (κ2) is 13.3. The summed E-state index contributed by atoms with van der Waals surface area (Å²) in [5.41, 5.74) is 0.895. The summed E-state index contributed by atoms with van der Waals surface area (Å²) >= 11 is 18.3. The maximum atomic E-state index is 13.9. The van der Waals surface area contributed by atoms with Crippen LogP contribution in [0, 0.1) is 0 Å². The van der Waals surface area contributed by atoms with Gasteiger partial charge in [0.1, 0.15) is 12.6 Å². The van der Waals surface area contributed by atoms with E-state index in [0.29, 0.717) is 18.0 Å². The molecule has 3 aromatic rings. The number of sulfonamides is 1. The fourth-order valence-electron chi connectivity index (χ4n) is 3.89. The molecule has 1 N–H and O–H groups in total. The van der Waals surface area contributed by atoms with Crippen molar-refractivity contribution in [1.82, 2.24) is 10.2 Å². The Balaban J connectivity index is 2.06. The summed E-state index contributed by atoms with van der Waals surface area (Å²) in [6.45, 7) is 3.47. The van der Waals surface area contributed by atoms with Gasteiger partial charge in [-0.25, -0.2) is 8.42 Å². The molecule has 0 radical (unpaired) electrons. The van der Waals surface area contributed by atoms with E-state index in [1.54, 1.807) is 56.3 Å². The highest BCUT2D eigenvalue weighted by atomic mass is 35.5. The lowest BCUT2D eigenvalue weighted by Crippen LogP contribution is -2.52. The Morgan fingerprint density at radius 2 is 1.55 bits per heavy atom. The summed E-state index contributed by atoms with van der Waals surface area (Å²) in [6, 6.07) is 18.2. The van der Waals surface area contributed by atoms with Gasteiger partial charge in [0, 0.05) is 18.1 Å². The van der Waals surface area contributed by atoms with Crippen molar-refractivity contribution >= 4 is 62.3 Å². The molecule has 1 unspecified atom stereocenters. The van der Waals surface area contributed by atoms with Gasteiger partial charge >= 0.3 is 0 Å². The van der Waals surface area contributed by atoms with Gasteiger partial charge in [0.15, 0.2) is 0 Å². The third-order valence-corrected chi connectivity index (χ3v) is 8.58. The lowest BCUT2D eigenvalue weighted by Gasteiger charge is -2.33. The van der Waals surface area contributed by atoms with Crippen LogP contribution in [-0.2, 0) is 26.2 Å². The Morgan fingerprint density at radius 1 is 0.895 bits per heavy atom. The Morgan fingerprint density at radius 3 is 2.13 bits per heavy atom. The number of likely N-dealkylation sites (N-methyl/N-ethyl adjacent to an activating group) is 1. The molecule has 0 saturated heterocycles. The first-order valence-electron chi connectivity index (χ1n) is 11.9. The fourth-order valence-corrected chi connectivity index (χ4v) is 5.73. The van der Waals surface area contributed by atoms with Crippen molar-refractivity contribution in [1.29, 1.82) is 0 Å². The molecule has 2 amide bonds. The number of anilines is 1. The second-order valence-corrected chi connectivity index (χ2v) is 11.5. The minimum Gasteiger partial charge on any atom is -0.355 e.